The second kappa shape index (κ2) is 61.0. The first kappa shape index (κ1) is 108. The molecule has 0 aliphatic carbocycles. The number of aryl methyl sites for hydroxylation is 1. The van der Waals surface area contributed by atoms with Crippen molar-refractivity contribution >= 4 is 49.0 Å². The number of esters is 1. The van der Waals surface area contributed by atoms with Gasteiger partial charge in [-0.1, -0.05) is 11.6 Å². The Hall–Kier alpha value is -6.70. The zero-order valence-electron chi connectivity index (χ0n) is 71.3. The number of H-pyrrole nitrogens is 1. The van der Waals surface area contributed by atoms with Gasteiger partial charge in [0.1, 0.15) is 66.2 Å². The molecular formula is C77H132N11O37P. The first-order chi connectivity index (χ1) is 60.6. The highest BCUT2D eigenvalue weighted by atomic mass is 31.2. The van der Waals surface area contributed by atoms with E-state index in [1.807, 2.05) is 0 Å². The molecule has 49 heteroatoms. The van der Waals surface area contributed by atoms with E-state index >= 15 is 0 Å². The Morgan fingerprint density at radius 3 is 1.40 bits per heavy atom. The number of aliphatic hydroxyl groups excluding tert-OH is 10. The summed E-state index contributed by atoms with van der Waals surface area (Å²) in [5.74, 6) is -2.64. The molecule has 6 heterocycles. The molecule has 17 atom stereocenters. The summed E-state index contributed by atoms with van der Waals surface area (Å²) in [5, 5.41) is 124. The van der Waals surface area contributed by atoms with E-state index in [0.29, 0.717) is 50.8 Å². The molecular weight excluding hydrogens is 1700 g/mol. The molecule has 0 spiro atoms. The Morgan fingerprint density at radius 2 is 0.937 bits per heavy atom. The number of ether oxygens (including phenoxy) is 15. The van der Waals surface area contributed by atoms with Crippen LogP contribution in [0.4, 0.5) is 0 Å². The molecule has 0 bridgehead atoms. The Morgan fingerprint density at radius 1 is 0.492 bits per heavy atom. The van der Waals surface area contributed by atoms with Crippen LogP contribution in [0, 0.1) is 0 Å². The van der Waals surface area contributed by atoms with Gasteiger partial charge in [0.2, 0.25) is 35.4 Å². The number of aromatic amines is 1. The van der Waals surface area contributed by atoms with Crippen molar-refractivity contribution in [3.05, 3.63) is 45.0 Å². The van der Waals surface area contributed by atoms with Gasteiger partial charge in [-0.15, -0.1) is 5.10 Å². The molecule has 3 unspecified atom stereocenters. The van der Waals surface area contributed by atoms with E-state index in [1.54, 1.807) is 10.9 Å². The number of rotatable bonds is 68. The maximum Gasteiger partial charge on any atom is 0.330 e. The molecule has 0 saturated carbocycles. The number of carbonyl (C=O) groups excluding carboxylic acids is 7. The van der Waals surface area contributed by atoms with Crippen LogP contribution in [0.15, 0.2) is 28.0 Å². The summed E-state index contributed by atoms with van der Waals surface area (Å²) >= 11 is 0. The SMILES string of the molecule is CP(=O)(O)OC[C@H]1O[C@@H](n2ccc(=O)[nH]c2=O)C(OCCNC(=O)CCCCCn2cc(CNC(=O)CCC(=O)OCCCCCC(=O)NC(COCCCC(=O)NCCOCCO[C@H]3C[C@@H](O)[C@@H](O)[C@@H](CO)O3)(COCCCC(=O)NCCOCCO[C@@H]3C[C@H](O)[C@H](O)[C@H](CO)O3)COCCCC(=O)NCCOCCO[C@@H]3C[C@H](O)[C@H](O)[C@H](CO)O3)nn2)C1O. The minimum Gasteiger partial charge on any atom is -0.466 e. The highest BCUT2D eigenvalue weighted by Gasteiger charge is 2.47. The molecule has 18 N–H and O–H groups in total. The second-order valence-corrected chi connectivity index (χ2v) is 32.4. The minimum absolute atomic E-state index is 0.000761. The molecule has 0 aromatic carbocycles. The molecule has 4 aliphatic heterocycles. The molecule has 722 valence electrons. The van der Waals surface area contributed by atoms with Crippen LogP contribution in [0.3, 0.4) is 0 Å². The number of nitrogens with one attached hydrogen (secondary N) is 7. The fourth-order valence-electron chi connectivity index (χ4n) is 13.1. The zero-order valence-corrected chi connectivity index (χ0v) is 72.2. The molecule has 4 fully saturated rings. The van der Waals surface area contributed by atoms with Crippen molar-refractivity contribution in [3.63, 3.8) is 0 Å². The maximum absolute atomic E-state index is 14.0. The summed E-state index contributed by atoms with van der Waals surface area (Å²) < 4.78 is 104. The van der Waals surface area contributed by atoms with Gasteiger partial charge in [0.15, 0.2) is 25.1 Å². The van der Waals surface area contributed by atoms with Crippen molar-refractivity contribution in [3.8, 4) is 0 Å². The lowest BCUT2D eigenvalue weighted by Gasteiger charge is -2.36. The van der Waals surface area contributed by atoms with Crippen LogP contribution in [-0.2, 0) is 127 Å². The van der Waals surface area contributed by atoms with Gasteiger partial charge < -0.3 is 163 Å². The quantitative estimate of drug-likeness (QED) is 0.0166. The normalized spacial score (nSPS) is 24.3. The van der Waals surface area contributed by atoms with E-state index in [-0.39, 0.29) is 252 Å². The van der Waals surface area contributed by atoms with Crippen LogP contribution in [0.1, 0.15) is 134 Å². The van der Waals surface area contributed by atoms with Gasteiger partial charge in [0.05, 0.1) is 156 Å². The molecule has 6 rings (SSSR count). The Labute approximate surface area is 728 Å². The lowest BCUT2D eigenvalue weighted by atomic mass is 10.0. The van der Waals surface area contributed by atoms with E-state index < -0.39 is 167 Å². The van der Waals surface area contributed by atoms with Crippen LogP contribution in [0.2, 0.25) is 0 Å². The number of hydrogen-bond donors (Lipinski definition) is 18. The predicted molar refractivity (Wildman–Crippen MR) is 432 cm³/mol. The van der Waals surface area contributed by atoms with Crippen LogP contribution >= 0.6 is 7.60 Å². The Kier molecular flexibility index (Phi) is 52.3. The van der Waals surface area contributed by atoms with Crippen LogP contribution in [0.5, 0.6) is 0 Å². The third-order valence-corrected chi connectivity index (χ3v) is 20.6. The summed E-state index contributed by atoms with van der Waals surface area (Å²) in [6.07, 6.45) is -11.2. The lowest BCUT2D eigenvalue weighted by molar-refractivity contribution is -0.258. The van der Waals surface area contributed by atoms with E-state index in [0.717, 1.165) is 23.5 Å². The van der Waals surface area contributed by atoms with Gasteiger partial charge >= 0.3 is 19.3 Å². The number of hydrogen-bond acceptors (Lipinski definition) is 38. The molecule has 0 radical (unpaired) electrons. The van der Waals surface area contributed by atoms with Crippen molar-refractivity contribution in [2.45, 2.75) is 239 Å². The first-order valence-electron chi connectivity index (χ1n) is 42.7. The number of aliphatic hydroxyl groups is 10. The smallest absolute Gasteiger partial charge is 0.330 e. The van der Waals surface area contributed by atoms with Crippen molar-refractivity contribution in [1.29, 1.82) is 0 Å². The molecule has 2 aromatic rings. The highest BCUT2D eigenvalue weighted by Crippen LogP contribution is 2.39. The van der Waals surface area contributed by atoms with Crippen LogP contribution in [-0.4, -0.2) is 391 Å². The number of unbranched alkanes of at least 4 members (excludes halogenated alkanes) is 4. The Bertz CT molecular complexity index is 3440. The van der Waals surface area contributed by atoms with Gasteiger partial charge in [0, 0.05) is 129 Å². The van der Waals surface area contributed by atoms with Crippen LogP contribution < -0.4 is 43.1 Å². The van der Waals surface area contributed by atoms with Gasteiger partial charge in [-0.2, -0.15) is 0 Å². The van der Waals surface area contributed by atoms with E-state index in [2.05, 4.69) is 47.2 Å². The van der Waals surface area contributed by atoms with Gasteiger partial charge in [-0.25, -0.2) is 4.79 Å². The number of nitrogens with zero attached hydrogens (tertiary/aromatic N) is 4. The average Bonchev–Trinajstić information content (AvgIpc) is 1.64. The minimum atomic E-state index is -3.95. The number of carbonyl (C=O) groups is 7. The van der Waals surface area contributed by atoms with E-state index in [1.165, 1.54) is 0 Å². The lowest BCUT2D eigenvalue weighted by Crippen LogP contribution is -2.58. The fourth-order valence-corrected chi connectivity index (χ4v) is 13.6. The molecule has 6 amide bonds. The molecule has 126 heavy (non-hydrogen) atoms. The van der Waals surface area contributed by atoms with Crippen molar-refractivity contribution in [2.75, 3.05) is 172 Å². The first-order valence-corrected chi connectivity index (χ1v) is 44.7. The summed E-state index contributed by atoms with van der Waals surface area (Å²) in [5.41, 5.74) is -2.42. The van der Waals surface area contributed by atoms with Crippen molar-refractivity contribution in [1.82, 2.24) is 56.4 Å². The monoisotopic (exact) mass is 1830 g/mol. The third-order valence-electron chi connectivity index (χ3n) is 19.9. The highest BCUT2D eigenvalue weighted by molar-refractivity contribution is 7.51. The molecule has 4 saturated heterocycles. The number of aromatic nitrogens is 5. The largest absolute Gasteiger partial charge is 0.466 e. The van der Waals surface area contributed by atoms with Gasteiger partial charge in [-0.05, 0) is 51.4 Å². The van der Waals surface area contributed by atoms with Gasteiger partial charge in [0.25, 0.3) is 5.56 Å². The summed E-state index contributed by atoms with van der Waals surface area (Å²) in [6, 6.07) is 1.07. The third kappa shape index (κ3) is 43.4. The summed E-state index contributed by atoms with van der Waals surface area (Å²) in [6.45, 7) is 0.457. The predicted octanol–water partition coefficient (Wildman–Crippen LogP) is -6.34. The van der Waals surface area contributed by atoms with Crippen molar-refractivity contribution in [2.24, 2.45) is 0 Å². The van der Waals surface area contributed by atoms with Crippen LogP contribution in [0.25, 0.3) is 0 Å². The Balaban J connectivity index is 0.908. The maximum atomic E-state index is 14.0. The fraction of sp³-hybridized carbons (Fsp3) is 0.831. The molecule has 48 nitrogen and oxygen atoms in total. The van der Waals surface area contributed by atoms with Crippen molar-refractivity contribution < 1.29 is 170 Å². The summed E-state index contributed by atoms with van der Waals surface area (Å²) in [4.78, 5) is 127. The second-order valence-electron chi connectivity index (χ2n) is 30.5. The summed E-state index contributed by atoms with van der Waals surface area (Å²) in [7, 11) is -3.95. The topological polar surface area (TPSA) is 665 Å². The number of amides is 6. The average molecular weight is 1830 g/mol. The standard InChI is InChI=1S/C77H132N11O37P/c1-126(108,109)121-47-58-73(106)74(75(125-58)88-24-18-64(100)83-76(88)107)120-32-22-81-59(95)11-4-2-6-23-87-43-51(85-86-87)42-82-63(99)16-17-66(102)116-28-7-3-5-12-65(101)84-77(48-113-25-8-13-60(96)78-19-29-110-33-36-117-67-39-52(92)70(103)55(44-89)122-67,49-114-26-9-14-61(97)79-20-30-111-34-37-118-68-40-53(93)71(104)56(45-90)123-68)50-115-27-10-15-62(98)80-21-31-112-35-38-119-69-41-54(94)72(105)57(46-91)124-69/h18,24,43,52-58,67-75,89-94,103-106H,2-17,19-23,25-42,44-50H2,1H3,(H,78,96)(H,79,97)(H,80,98)(H,81,95)(H,82,99)(H,84,101)(H,108,109)(H,83,100,107)/t52-,53-,54+,55-,56-,57+,58+,67-,68-,69+,70-,71-,72+,73?,74?,75+/m0/s1. The van der Waals surface area contributed by atoms with E-state index in [4.69, 9.17) is 75.6 Å². The molecule has 4 aliphatic rings. The van der Waals surface area contributed by atoms with E-state index in [9.17, 15) is 104 Å². The van der Waals surface area contributed by atoms with Gasteiger partial charge in [-0.3, -0.25) is 57.2 Å². The zero-order chi connectivity index (χ0) is 91.5. The molecule has 2 aromatic heterocycles.